The first-order chi connectivity index (χ1) is 15.0. The first kappa shape index (κ1) is 21.6. The van der Waals surface area contributed by atoms with Gasteiger partial charge in [-0.15, -0.1) is 11.3 Å². The highest BCUT2D eigenvalue weighted by atomic mass is 32.1. The third-order valence-corrected chi connectivity index (χ3v) is 7.35. The molecule has 1 fully saturated rings. The highest BCUT2D eigenvalue weighted by Gasteiger charge is 2.20. The minimum Gasteiger partial charge on any atom is -0.372 e. The van der Waals surface area contributed by atoms with Crippen molar-refractivity contribution < 1.29 is 4.79 Å². The quantitative estimate of drug-likeness (QED) is 0.584. The van der Waals surface area contributed by atoms with E-state index in [2.05, 4.69) is 41.2 Å². The summed E-state index contributed by atoms with van der Waals surface area (Å²) in [6.45, 7) is 9.04. The predicted molar refractivity (Wildman–Crippen MR) is 129 cm³/mol. The number of fused-ring (bicyclic) bond motifs is 1. The summed E-state index contributed by atoms with van der Waals surface area (Å²) >= 11 is 1.28. The zero-order valence-electron chi connectivity index (χ0n) is 18.5. The van der Waals surface area contributed by atoms with Crippen LogP contribution in [0.15, 0.2) is 35.4 Å². The molecule has 0 atom stereocenters. The largest absolute Gasteiger partial charge is 0.372 e. The molecule has 0 aliphatic carbocycles. The Morgan fingerprint density at radius 2 is 1.94 bits per heavy atom. The highest BCUT2D eigenvalue weighted by molar-refractivity contribution is 7.20. The Labute approximate surface area is 186 Å². The maximum atomic E-state index is 12.9. The average molecular weight is 439 g/mol. The molecule has 1 amide bonds. The number of anilines is 2. The van der Waals surface area contributed by atoms with Crippen LogP contribution in [-0.2, 0) is 6.54 Å². The molecule has 1 N–H and O–H groups in total. The van der Waals surface area contributed by atoms with Gasteiger partial charge in [0.2, 0.25) is 0 Å². The normalized spacial score (nSPS) is 14.9. The number of aryl methyl sites for hydroxylation is 2. The third-order valence-electron chi connectivity index (χ3n) is 6.15. The molecule has 0 unspecified atom stereocenters. The van der Waals surface area contributed by atoms with Gasteiger partial charge in [-0.1, -0.05) is 20.3 Å². The average Bonchev–Trinajstić information content (AvgIpc) is 3.12. The van der Waals surface area contributed by atoms with Gasteiger partial charge in [-0.25, -0.2) is 4.98 Å². The lowest BCUT2D eigenvalue weighted by Gasteiger charge is -2.32. The van der Waals surface area contributed by atoms with Crippen molar-refractivity contribution in [1.82, 2.24) is 9.55 Å². The lowest BCUT2D eigenvalue weighted by molar-refractivity contribution is 0.103. The van der Waals surface area contributed by atoms with Crippen LogP contribution >= 0.6 is 11.3 Å². The molecule has 0 bridgehead atoms. The molecule has 0 radical (unpaired) electrons. The van der Waals surface area contributed by atoms with Crippen LogP contribution in [0, 0.1) is 12.8 Å². The van der Waals surface area contributed by atoms with Gasteiger partial charge in [0.1, 0.15) is 4.83 Å². The number of carbonyl (C=O) groups excluding carboxylic acids is 1. The number of benzene rings is 1. The number of amides is 1. The topological polar surface area (TPSA) is 67.2 Å². The van der Waals surface area contributed by atoms with Gasteiger partial charge in [-0.2, -0.15) is 0 Å². The molecule has 0 saturated carbocycles. The van der Waals surface area contributed by atoms with E-state index in [1.165, 1.54) is 29.9 Å². The minimum absolute atomic E-state index is 0.0635. The van der Waals surface area contributed by atoms with Crippen molar-refractivity contribution in [2.75, 3.05) is 23.3 Å². The van der Waals surface area contributed by atoms with Crippen molar-refractivity contribution in [2.45, 2.75) is 53.0 Å². The van der Waals surface area contributed by atoms with Crippen LogP contribution < -0.4 is 15.8 Å². The number of rotatable bonds is 6. The number of nitrogens with zero attached hydrogens (tertiary/aromatic N) is 3. The van der Waals surface area contributed by atoms with E-state index in [-0.39, 0.29) is 11.5 Å². The van der Waals surface area contributed by atoms with Crippen molar-refractivity contribution >= 4 is 38.8 Å². The molecule has 1 saturated heterocycles. The second-order valence-corrected chi connectivity index (χ2v) is 9.50. The van der Waals surface area contributed by atoms with Gasteiger partial charge in [0, 0.05) is 31.0 Å². The van der Waals surface area contributed by atoms with Crippen LogP contribution in [0.1, 0.15) is 54.8 Å². The summed E-state index contributed by atoms with van der Waals surface area (Å²) in [5.74, 6) is 0.601. The number of piperidine rings is 1. The summed E-state index contributed by atoms with van der Waals surface area (Å²) in [6, 6.07) is 8.03. The molecule has 31 heavy (non-hydrogen) atoms. The Bertz CT molecular complexity index is 1120. The lowest BCUT2D eigenvalue weighted by Crippen LogP contribution is -2.32. The third kappa shape index (κ3) is 4.51. The monoisotopic (exact) mass is 438 g/mol. The van der Waals surface area contributed by atoms with Crippen molar-refractivity contribution in [2.24, 2.45) is 5.92 Å². The fraction of sp³-hybridized carbons (Fsp3) is 0.458. The van der Waals surface area contributed by atoms with E-state index < -0.39 is 0 Å². The molecule has 1 aliphatic heterocycles. The second-order valence-electron chi connectivity index (χ2n) is 8.50. The molecule has 1 aromatic carbocycles. The van der Waals surface area contributed by atoms with Crippen LogP contribution in [0.2, 0.25) is 0 Å². The maximum Gasteiger partial charge on any atom is 0.266 e. The molecular formula is C24H30N4O2S. The number of hydrogen-bond acceptors (Lipinski definition) is 5. The minimum atomic E-state index is -0.195. The number of aromatic nitrogens is 2. The summed E-state index contributed by atoms with van der Waals surface area (Å²) in [6.07, 6.45) is 5.97. The van der Waals surface area contributed by atoms with Gasteiger partial charge in [-0.05, 0) is 61.9 Å². The molecule has 7 heteroatoms. The zero-order chi connectivity index (χ0) is 22.0. The zero-order valence-corrected chi connectivity index (χ0v) is 19.3. The second kappa shape index (κ2) is 9.22. The van der Waals surface area contributed by atoms with Crippen LogP contribution in [0.25, 0.3) is 10.2 Å². The van der Waals surface area contributed by atoms with Crippen molar-refractivity contribution in [3.63, 3.8) is 0 Å². The summed E-state index contributed by atoms with van der Waals surface area (Å²) in [5.41, 5.74) is 2.59. The van der Waals surface area contributed by atoms with Gasteiger partial charge in [0.15, 0.2) is 0 Å². The highest BCUT2D eigenvalue weighted by Crippen LogP contribution is 2.28. The van der Waals surface area contributed by atoms with Gasteiger partial charge < -0.3 is 10.2 Å². The summed E-state index contributed by atoms with van der Waals surface area (Å²) in [4.78, 5) is 33.8. The van der Waals surface area contributed by atoms with Gasteiger partial charge in [-0.3, -0.25) is 14.2 Å². The molecule has 3 heterocycles. The van der Waals surface area contributed by atoms with Crippen molar-refractivity contribution in [1.29, 1.82) is 0 Å². The lowest BCUT2D eigenvalue weighted by atomic mass is 9.99. The summed E-state index contributed by atoms with van der Waals surface area (Å²) < 4.78 is 1.65. The van der Waals surface area contributed by atoms with E-state index >= 15 is 0 Å². The molecule has 4 rings (SSSR count). The van der Waals surface area contributed by atoms with E-state index in [0.717, 1.165) is 37.5 Å². The Hall–Kier alpha value is -2.67. The first-order valence-corrected chi connectivity index (χ1v) is 11.9. The van der Waals surface area contributed by atoms with E-state index in [4.69, 9.17) is 0 Å². The van der Waals surface area contributed by atoms with Gasteiger partial charge in [0.25, 0.3) is 11.5 Å². The fourth-order valence-electron chi connectivity index (χ4n) is 4.07. The van der Waals surface area contributed by atoms with Gasteiger partial charge in [0.05, 0.1) is 16.6 Å². The number of carbonyl (C=O) groups is 1. The van der Waals surface area contributed by atoms with Crippen molar-refractivity contribution in [3.05, 3.63) is 51.4 Å². The molecular weight excluding hydrogens is 408 g/mol. The molecule has 3 aromatic rings. The maximum absolute atomic E-state index is 12.9. The van der Waals surface area contributed by atoms with Crippen LogP contribution in [-0.4, -0.2) is 28.5 Å². The fourth-order valence-corrected chi connectivity index (χ4v) is 5.11. The van der Waals surface area contributed by atoms with Crippen LogP contribution in [0.3, 0.4) is 0 Å². The Morgan fingerprint density at radius 3 is 2.61 bits per heavy atom. The smallest absolute Gasteiger partial charge is 0.266 e. The Balaban J connectivity index is 1.51. The molecule has 164 valence electrons. The predicted octanol–water partition coefficient (Wildman–Crippen LogP) is 5.06. The van der Waals surface area contributed by atoms with E-state index in [1.54, 1.807) is 10.9 Å². The Morgan fingerprint density at radius 1 is 1.23 bits per heavy atom. The van der Waals surface area contributed by atoms with E-state index in [1.807, 2.05) is 19.1 Å². The number of unbranched alkanes of at least 4 members (excludes halogenated alkanes) is 1. The molecule has 2 aromatic heterocycles. The van der Waals surface area contributed by atoms with Crippen LogP contribution in [0.4, 0.5) is 11.4 Å². The first-order valence-electron chi connectivity index (χ1n) is 11.1. The van der Waals surface area contributed by atoms with Crippen molar-refractivity contribution in [3.8, 4) is 0 Å². The van der Waals surface area contributed by atoms with Crippen LogP contribution in [0.5, 0.6) is 0 Å². The van der Waals surface area contributed by atoms with E-state index in [9.17, 15) is 9.59 Å². The standard InChI is InChI=1S/C24H30N4O2S/c1-4-5-12-28-15-25-23-20(24(28)30)17(3)21(31-23)22(29)26-18-6-8-19(9-7-18)27-13-10-16(2)11-14-27/h6-9,15-16H,4-5,10-14H2,1-3H3,(H,26,29). The molecule has 6 nitrogen and oxygen atoms in total. The summed E-state index contributed by atoms with van der Waals surface area (Å²) in [7, 11) is 0. The number of hydrogen-bond donors (Lipinski definition) is 1. The molecule has 0 spiro atoms. The Kier molecular flexibility index (Phi) is 6.41. The van der Waals surface area contributed by atoms with E-state index in [0.29, 0.717) is 27.2 Å². The van der Waals surface area contributed by atoms with Gasteiger partial charge >= 0.3 is 0 Å². The SMILES string of the molecule is CCCCn1cnc2sc(C(=O)Nc3ccc(N4CCC(C)CC4)cc3)c(C)c2c1=O. The number of nitrogens with one attached hydrogen (secondary N) is 1. The summed E-state index contributed by atoms with van der Waals surface area (Å²) in [5, 5.41) is 3.54. The number of thiophene rings is 1. The molecule has 1 aliphatic rings.